The highest BCUT2D eigenvalue weighted by molar-refractivity contribution is 5.92. The largest absolute Gasteiger partial charge is 0.493 e. The topological polar surface area (TPSA) is 38.3 Å². The number of nitrogens with one attached hydrogen (secondary N) is 1. The summed E-state index contributed by atoms with van der Waals surface area (Å²) in [4.78, 5) is 12.0. The van der Waals surface area contributed by atoms with Crippen molar-refractivity contribution in [3.63, 3.8) is 0 Å². The molecule has 0 unspecified atom stereocenters. The molecule has 0 bridgehead atoms. The molecule has 1 aliphatic rings. The van der Waals surface area contributed by atoms with Crippen LogP contribution in [0.3, 0.4) is 0 Å². The zero-order chi connectivity index (χ0) is 13.9. The van der Waals surface area contributed by atoms with E-state index in [1.54, 1.807) is 0 Å². The van der Waals surface area contributed by atoms with Crippen molar-refractivity contribution in [1.29, 1.82) is 0 Å². The Balaban J connectivity index is 1.65. The summed E-state index contributed by atoms with van der Waals surface area (Å²) in [5.41, 5.74) is 4.23. The van der Waals surface area contributed by atoms with Crippen molar-refractivity contribution in [1.82, 2.24) is 0 Å². The normalized spacial score (nSPS) is 12.7. The molecule has 1 heterocycles. The summed E-state index contributed by atoms with van der Waals surface area (Å²) in [6, 6.07) is 13.8. The quantitative estimate of drug-likeness (QED) is 0.928. The lowest BCUT2D eigenvalue weighted by molar-refractivity contribution is -0.115. The second-order valence-electron chi connectivity index (χ2n) is 5.13. The Morgan fingerprint density at radius 2 is 2.00 bits per heavy atom. The van der Waals surface area contributed by atoms with E-state index >= 15 is 0 Å². The Kier molecular flexibility index (Phi) is 3.42. The van der Waals surface area contributed by atoms with Crippen LogP contribution in [0.4, 0.5) is 5.69 Å². The van der Waals surface area contributed by atoms with Gasteiger partial charge in [0.25, 0.3) is 0 Å². The number of anilines is 1. The van der Waals surface area contributed by atoms with Crippen molar-refractivity contribution in [2.24, 2.45) is 0 Å². The molecule has 0 atom stereocenters. The van der Waals surface area contributed by atoms with E-state index in [4.69, 9.17) is 4.74 Å². The Bertz CT molecular complexity index is 632. The fourth-order valence-corrected chi connectivity index (χ4v) is 2.36. The Labute approximate surface area is 118 Å². The zero-order valence-electron chi connectivity index (χ0n) is 11.5. The van der Waals surface area contributed by atoms with Crippen molar-refractivity contribution in [2.75, 3.05) is 11.9 Å². The van der Waals surface area contributed by atoms with Gasteiger partial charge in [-0.3, -0.25) is 4.79 Å². The maximum atomic E-state index is 12.0. The molecule has 3 rings (SSSR count). The summed E-state index contributed by atoms with van der Waals surface area (Å²) in [5.74, 6) is 0.939. The number of carbonyl (C=O) groups excluding carboxylic acids is 1. The molecule has 0 saturated heterocycles. The molecular formula is C17H17NO2. The van der Waals surface area contributed by atoms with E-state index in [1.807, 2.05) is 49.4 Å². The van der Waals surface area contributed by atoms with Gasteiger partial charge in [-0.1, -0.05) is 29.8 Å². The number of fused-ring (bicyclic) bond motifs is 1. The van der Waals surface area contributed by atoms with Gasteiger partial charge < -0.3 is 10.1 Å². The smallest absolute Gasteiger partial charge is 0.228 e. The van der Waals surface area contributed by atoms with Crippen molar-refractivity contribution in [2.45, 2.75) is 19.8 Å². The lowest BCUT2D eigenvalue weighted by Gasteiger charge is -2.07. The molecule has 0 radical (unpaired) electrons. The zero-order valence-corrected chi connectivity index (χ0v) is 11.5. The first-order chi connectivity index (χ1) is 9.70. The van der Waals surface area contributed by atoms with Gasteiger partial charge in [0.1, 0.15) is 5.75 Å². The predicted molar refractivity (Wildman–Crippen MR) is 79.2 cm³/mol. The second-order valence-corrected chi connectivity index (χ2v) is 5.13. The molecule has 1 amide bonds. The molecule has 0 aromatic heterocycles. The van der Waals surface area contributed by atoms with Crippen LogP contribution in [0.2, 0.25) is 0 Å². The summed E-state index contributed by atoms with van der Waals surface area (Å²) in [7, 11) is 0. The highest BCUT2D eigenvalue weighted by atomic mass is 16.5. The molecule has 3 nitrogen and oxygen atoms in total. The van der Waals surface area contributed by atoms with Crippen LogP contribution < -0.4 is 10.1 Å². The molecule has 102 valence electrons. The van der Waals surface area contributed by atoms with Gasteiger partial charge in [0.2, 0.25) is 5.91 Å². The first kappa shape index (κ1) is 12.7. The number of rotatable bonds is 3. The Morgan fingerprint density at radius 1 is 1.20 bits per heavy atom. The maximum absolute atomic E-state index is 12.0. The van der Waals surface area contributed by atoms with Crippen molar-refractivity contribution in [3.8, 4) is 5.75 Å². The van der Waals surface area contributed by atoms with E-state index in [1.165, 1.54) is 5.56 Å². The summed E-state index contributed by atoms with van der Waals surface area (Å²) in [6.07, 6.45) is 1.31. The van der Waals surface area contributed by atoms with Crippen LogP contribution in [-0.4, -0.2) is 12.5 Å². The molecule has 2 aromatic carbocycles. The SMILES string of the molecule is Cc1ccc(CC(=O)Nc2ccc3c(c2)CCO3)cc1. The van der Waals surface area contributed by atoms with Crippen LogP contribution in [0.25, 0.3) is 0 Å². The fraction of sp³-hybridized carbons (Fsp3) is 0.235. The Hall–Kier alpha value is -2.29. The number of benzene rings is 2. The van der Waals surface area contributed by atoms with E-state index in [0.29, 0.717) is 6.42 Å². The van der Waals surface area contributed by atoms with Gasteiger partial charge in [-0.15, -0.1) is 0 Å². The lowest BCUT2D eigenvalue weighted by atomic mass is 10.1. The Morgan fingerprint density at radius 3 is 2.80 bits per heavy atom. The first-order valence-corrected chi connectivity index (χ1v) is 6.82. The molecule has 3 heteroatoms. The highest BCUT2D eigenvalue weighted by Gasteiger charge is 2.13. The van der Waals surface area contributed by atoms with Gasteiger partial charge >= 0.3 is 0 Å². The molecule has 0 saturated carbocycles. The average Bonchev–Trinajstić information content (AvgIpc) is 2.89. The van der Waals surface area contributed by atoms with Crippen LogP contribution in [-0.2, 0) is 17.6 Å². The highest BCUT2D eigenvalue weighted by Crippen LogP contribution is 2.27. The number of hydrogen-bond acceptors (Lipinski definition) is 2. The average molecular weight is 267 g/mol. The van der Waals surface area contributed by atoms with Gasteiger partial charge in [-0.2, -0.15) is 0 Å². The third kappa shape index (κ3) is 2.82. The number of ether oxygens (including phenoxy) is 1. The molecule has 2 aromatic rings. The first-order valence-electron chi connectivity index (χ1n) is 6.82. The summed E-state index contributed by atoms with van der Waals surface area (Å²) < 4.78 is 5.45. The van der Waals surface area contributed by atoms with E-state index in [2.05, 4.69) is 5.32 Å². The van der Waals surface area contributed by atoms with E-state index in [9.17, 15) is 4.79 Å². The fourth-order valence-electron chi connectivity index (χ4n) is 2.36. The standard InChI is InChI=1S/C17H17NO2/c1-12-2-4-13(5-3-12)10-17(19)18-15-6-7-16-14(11-15)8-9-20-16/h2-7,11H,8-10H2,1H3,(H,18,19). The predicted octanol–water partition coefficient (Wildman–Crippen LogP) is 3.11. The van der Waals surface area contributed by atoms with Crippen LogP contribution >= 0.6 is 0 Å². The maximum Gasteiger partial charge on any atom is 0.228 e. The van der Waals surface area contributed by atoms with Gasteiger partial charge in [-0.05, 0) is 36.2 Å². The van der Waals surface area contributed by atoms with Crippen LogP contribution in [0.1, 0.15) is 16.7 Å². The molecule has 1 aliphatic heterocycles. The van der Waals surface area contributed by atoms with Gasteiger partial charge in [0.15, 0.2) is 0 Å². The minimum absolute atomic E-state index is 0.00715. The second kappa shape index (κ2) is 5.37. The van der Waals surface area contributed by atoms with Crippen LogP contribution in [0.15, 0.2) is 42.5 Å². The van der Waals surface area contributed by atoms with Crippen LogP contribution in [0, 0.1) is 6.92 Å². The monoisotopic (exact) mass is 267 g/mol. The molecule has 0 aliphatic carbocycles. The molecular weight excluding hydrogens is 250 g/mol. The third-order valence-corrected chi connectivity index (χ3v) is 3.46. The van der Waals surface area contributed by atoms with Gasteiger partial charge in [-0.25, -0.2) is 0 Å². The molecule has 0 fully saturated rings. The summed E-state index contributed by atoms with van der Waals surface area (Å²) in [6.45, 7) is 2.77. The van der Waals surface area contributed by atoms with Crippen molar-refractivity contribution < 1.29 is 9.53 Å². The number of carbonyl (C=O) groups is 1. The minimum Gasteiger partial charge on any atom is -0.493 e. The van der Waals surface area contributed by atoms with E-state index < -0.39 is 0 Å². The van der Waals surface area contributed by atoms with Crippen molar-refractivity contribution in [3.05, 3.63) is 59.2 Å². The molecule has 20 heavy (non-hydrogen) atoms. The van der Waals surface area contributed by atoms with Crippen molar-refractivity contribution >= 4 is 11.6 Å². The van der Waals surface area contributed by atoms with E-state index in [0.717, 1.165) is 35.6 Å². The number of amides is 1. The van der Waals surface area contributed by atoms with E-state index in [-0.39, 0.29) is 5.91 Å². The number of hydrogen-bond donors (Lipinski definition) is 1. The van der Waals surface area contributed by atoms with Crippen LogP contribution in [0.5, 0.6) is 5.75 Å². The van der Waals surface area contributed by atoms with Gasteiger partial charge in [0.05, 0.1) is 13.0 Å². The third-order valence-electron chi connectivity index (χ3n) is 3.46. The lowest BCUT2D eigenvalue weighted by Crippen LogP contribution is -2.14. The molecule has 1 N–H and O–H groups in total. The summed E-state index contributed by atoms with van der Waals surface area (Å²) >= 11 is 0. The minimum atomic E-state index is 0.00715. The summed E-state index contributed by atoms with van der Waals surface area (Å²) in [5, 5.41) is 2.94. The van der Waals surface area contributed by atoms with Gasteiger partial charge in [0, 0.05) is 12.1 Å². The molecule has 0 spiro atoms. The number of aryl methyl sites for hydroxylation is 1.